The fourth-order valence-electron chi connectivity index (χ4n) is 4.64. The zero-order valence-electron chi connectivity index (χ0n) is 14.8. The fraction of sp³-hybridized carbons (Fsp3) is 0.450. The fourth-order valence-corrected chi connectivity index (χ4v) is 4.87. The molecular formula is C20H21BrN2O3. The molecule has 3 amide bonds. The predicted molar refractivity (Wildman–Crippen MR) is 101 cm³/mol. The third-order valence-corrected chi connectivity index (χ3v) is 7.10. The van der Waals surface area contributed by atoms with Gasteiger partial charge in [0.05, 0.1) is 11.8 Å². The van der Waals surface area contributed by atoms with Crippen molar-refractivity contribution in [1.29, 1.82) is 0 Å². The SMILES string of the molecule is Cc1cc(NC(=O)CCN2C(=O)[C@@H]3[C@@H](C2=O)[C@H]2C=C[C@@H]3C2)cc(C)c1Br. The molecule has 0 spiro atoms. The van der Waals surface area contributed by atoms with Crippen LogP contribution in [0.5, 0.6) is 0 Å². The molecule has 2 aliphatic carbocycles. The van der Waals surface area contributed by atoms with Crippen LogP contribution in [0, 0.1) is 37.5 Å². The van der Waals surface area contributed by atoms with Crippen molar-refractivity contribution in [2.75, 3.05) is 11.9 Å². The number of nitrogens with one attached hydrogen (secondary N) is 1. The minimum absolute atomic E-state index is 0.0972. The summed E-state index contributed by atoms with van der Waals surface area (Å²) in [5.74, 6) is -0.373. The second-order valence-electron chi connectivity index (χ2n) is 7.55. The lowest BCUT2D eigenvalue weighted by Crippen LogP contribution is -2.35. The second kappa shape index (κ2) is 6.34. The molecule has 26 heavy (non-hydrogen) atoms. The molecule has 1 aromatic carbocycles. The number of carbonyl (C=O) groups is 3. The first kappa shape index (κ1) is 17.5. The minimum atomic E-state index is -0.197. The van der Waals surface area contributed by atoms with E-state index >= 15 is 0 Å². The molecule has 136 valence electrons. The van der Waals surface area contributed by atoms with Gasteiger partial charge in [-0.1, -0.05) is 28.1 Å². The van der Waals surface area contributed by atoms with E-state index in [0.717, 1.165) is 27.7 Å². The quantitative estimate of drug-likeness (QED) is 0.605. The molecule has 1 aromatic rings. The number of benzene rings is 1. The van der Waals surface area contributed by atoms with Crippen LogP contribution >= 0.6 is 15.9 Å². The topological polar surface area (TPSA) is 66.5 Å². The van der Waals surface area contributed by atoms with Crippen LogP contribution in [0.1, 0.15) is 24.0 Å². The molecule has 5 nitrogen and oxygen atoms in total. The number of amides is 3. The van der Waals surface area contributed by atoms with Crippen molar-refractivity contribution in [3.63, 3.8) is 0 Å². The average molecular weight is 417 g/mol. The first-order valence-corrected chi connectivity index (χ1v) is 9.76. The maximum absolute atomic E-state index is 12.6. The van der Waals surface area contributed by atoms with E-state index < -0.39 is 0 Å². The third-order valence-electron chi connectivity index (χ3n) is 5.84. The summed E-state index contributed by atoms with van der Waals surface area (Å²) in [6.45, 7) is 4.09. The Hall–Kier alpha value is -1.95. The van der Waals surface area contributed by atoms with E-state index in [4.69, 9.17) is 0 Å². The maximum Gasteiger partial charge on any atom is 0.233 e. The van der Waals surface area contributed by atoms with Crippen LogP contribution in [-0.2, 0) is 14.4 Å². The number of aryl methyl sites for hydroxylation is 2. The van der Waals surface area contributed by atoms with Crippen LogP contribution < -0.4 is 5.32 Å². The van der Waals surface area contributed by atoms with E-state index in [1.165, 1.54) is 4.90 Å². The zero-order chi connectivity index (χ0) is 18.6. The highest BCUT2D eigenvalue weighted by Crippen LogP contribution is 2.52. The number of allylic oxidation sites excluding steroid dienone is 2. The molecule has 1 N–H and O–H groups in total. The van der Waals surface area contributed by atoms with Gasteiger partial charge in [0.25, 0.3) is 0 Å². The summed E-state index contributed by atoms with van der Waals surface area (Å²) in [6, 6.07) is 3.80. The van der Waals surface area contributed by atoms with E-state index in [1.807, 2.05) is 26.0 Å². The monoisotopic (exact) mass is 416 g/mol. The molecule has 4 atom stereocenters. The number of imide groups is 1. The highest BCUT2D eigenvalue weighted by atomic mass is 79.9. The van der Waals surface area contributed by atoms with Gasteiger partial charge >= 0.3 is 0 Å². The molecule has 2 fully saturated rings. The van der Waals surface area contributed by atoms with Gasteiger partial charge in [-0.05, 0) is 55.4 Å². The Kier molecular flexibility index (Phi) is 4.26. The van der Waals surface area contributed by atoms with Crippen molar-refractivity contribution < 1.29 is 14.4 Å². The van der Waals surface area contributed by atoms with Gasteiger partial charge in [0.2, 0.25) is 17.7 Å². The van der Waals surface area contributed by atoms with E-state index in [-0.39, 0.29) is 54.4 Å². The van der Waals surface area contributed by atoms with Gasteiger partial charge in [-0.3, -0.25) is 19.3 Å². The van der Waals surface area contributed by atoms with Gasteiger partial charge in [0.15, 0.2) is 0 Å². The number of likely N-dealkylation sites (tertiary alicyclic amines) is 1. The number of fused-ring (bicyclic) bond motifs is 5. The number of hydrogen-bond donors (Lipinski definition) is 1. The summed E-state index contributed by atoms with van der Waals surface area (Å²) in [6.07, 6.45) is 5.19. The molecule has 0 radical (unpaired) electrons. The normalized spacial score (nSPS) is 28.8. The van der Waals surface area contributed by atoms with Crippen LogP contribution in [-0.4, -0.2) is 29.2 Å². The van der Waals surface area contributed by atoms with E-state index in [1.54, 1.807) is 0 Å². The van der Waals surface area contributed by atoms with E-state index in [2.05, 4.69) is 33.4 Å². The number of anilines is 1. The van der Waals surface area contributed by atoms with E-state index in [9.17, 15) is 14.4 Å². The summed E-state index contributed by atoms with van der Waals surface area (Å²) >= 11 is 3.51. The standard InChI is InChI=1S/C20H21BrN2O3/c1-10-7-14(8-11(2)18(10)21)22-15(24)5-6-23-19(25)16-12-3-4-13(9-12)17(16)20(23)26/h3-4,7-8,12-13,16-17H,5-6,9H2,1-2H3,(H,22,24)/t12-,13+,16-,17-/m0/s1. The first-order valence-electron chi connectivity index (χ1n) is 8.97. The molecule has 4 rings (SSSR count). The summed E-state index contributed by atoms with van der Waals surface area (Å²) in [5.41, 5.74) is 2.81. The second-order valence-corrected chi connectivity index (χ2v) is 8.34. The Bertz CT molecular complexity index is 794. The Morgan fingerprint density at radius 1 is 1.12 bits per heavy atom. The lowest BCUT2D eigenvalue weighted by atomic mass is 9.85. The molecule has 1 heterocycles. The smallest absolute Gasteiger partial charge is 0.233 e. The van der Waals surface area contributed by atoms with Crippen molar-refractivity contribution >= 4 is 39.3 Å². The summed E-state index contributed by atoms with van der Waals surface area (Å²) < 4.78 is 1.03. The molecule has 3 aliphatic rings. The Morgan fingerprint density at radius 3 is 2.19 bits per heavy atom. The lowest BCUT2D eigenvalue weighted by Gasteiger charge is -2.17. The molecule has 1 aliphatic heterocycles. The van der Waals surface area contributed by atoms with Gasteiger partial charge in [0, 0.05) is 23.1 Å². The lowest BCUT2D eigenvalue weighted by molar-refractivity contribution is -0.140. The molecule has 1 saturated heterocycles. The largest absolute Gasteiger partial charge is 0.326 e. The van der Waals surface area contributed by atoms with Crippen LogP contribution in [0.4, 0.5) is 5.69 Å². The number of rotatable bonds is 4. The third kappa shape index (κ3) is 2.71. The maximum atomic E-state index is 12.6. The van der Waals surface area contributed by atoms with Gasteiger partial charge in [-0.25, -0.2) is 0 Å². The molecule has 2 bridgehead atoms. The van der Waals surface area contributed by atoms with Crippen molar-refractivity contribution in [3.05, 3.63) is 39.9 Å². The van der Waals surface area contributed by atoms with Crippen molar-refractivity contribution in [2.45, 2.75) is 26.7 Å². The summed E-state index contributed by atoms with van der Waals surface area (Å²) in [5, 5.41) is 2.86. The molecule has 0 unspecified atom stereocenters. The van der Waals surface area contributed by atoms with Gasteiger partial charge in [-0.2, -0.15) is 0 Å². The Balaban J connectivity index is 1.38. The molecular weight excluding hydrogens is 396 g/mol. The van der Waals surface area contributed by atoms with E-state index in [0.29, 0.717) is 0 Å². The number of halogens is 1. The van der Waals surface area contributed by atoms with Crippen molar-refractivity contribution in [1.82, 2.24) is 4.90 Å². The molecule has 1 saturated carbocycles. The predicted octanol–water partition coefficient (Wildman–Crippen LogP) is 3.20. The Morgan fingerprint density at radius 2 is 1.65 bits per heavy atom. The first-order chi connectivity index (χ1) is 12.4. The molecule has 6 heteroatoms. The summed E-state index contributed by atoms with van der Waals surface area (Å²) in [7, 11) is 0. The molecule has 0 aromatic heterocycles. The van der Waals surface area contributed by atoms with Gasteiger partial charge in [-0.15, -0.1) is 0 Å². The van der Waals surface area contributed by atoms with Gasteiger partial charge < -0.3 is 5.32 Å². The summed E-state index contributed by atoms with van der Waals surface area (Å²) in [4.78, 5) is 38.8. The average Bonchev–Trinajstić information content (AvgIpc) is 3.26. The minimum Gasteiger partial charge on any atom is -0.326 e. The van der Waals surface area contributed by atoms with Crippen molar-refractivity contribution in [2.24, 2.45) is 23.7 Å². The van der Waals surface area contributed by atoms with Gasteiger partial charge in [0.1, 0.15) is 0 Å². The van der Waals surface area contributed by atoms with Crippen LogP contribution in [0.2, 0.25) is 0 Å². The van der Waals surface area contributed by atoms with Crippen molar-refractivity contribution in [3.8, 4) is 0 Å². The zero-order valence-corrected chi connectivity index (χ0v) is 16.4. The number of carbonyl (C=O) groups excluding carboxylic acids is 3. The number of hydrogen-bond acceptors (Lipinski definition) is 3. The number of nitrogens with zero attached hydrogens (tertiary/aromatic N) is 1. The Labute approximate surface area is 160 Å². The van der Waals surface area contributed by atoms with Crippen LogP contribution in [0.15, 0.2) is 28.8 Å². The highest BCUT2D eigenvalue weighted by molar-refractivity contribution is 9.10. The van der Waals surface area contributed by atoms with Crippen LogP contribution in [0.25, 0.3) is 0 Å². The van der Waals surface area contributed by atoms with Crippen LogP contribution in [0.3, 0.4) is 0 Å². The highest BCUT2D eigenvalue weighted by Gasteiger charge is 2.58.